The molecule has 0 bridgehead atoms. The van der Waals surface area contributed by atoms with Crippen molar-refractivity contribution in [1.82, 2.24) is 9.29 Å². The first-order valence-corrected chi connectivity index (χ1v) is 11.0. The monoisotopic (exact) mass is 455 g/mol. The number of rotatable bonds is 5. The van der Waals surface area contributed by atoms with Gasteiger partial charge in [-0.05, 0) is 42.5 Å². The van der Waals surface area contributed by atoms with E-state index >= 15 is 0 Å². The number of nitrogens with one attached hydrogen (secondary N) is 1. The third-order valence-electron chi connectivity index (χ3n) is 3.83. The summed E-state index contributed by atoms with van der Waals surface area (Å²) in [6.07, 6.45) is 0. The molecule has 28 heavy (non-hydrogen) atoms. The van der Waals surface area contributed by atoms with Crippen molar-refractivity contribution in [1.29, 1.82) is 0 Å². The molecule has 3 rings (SSSR count). The van der Waals surface area contributed by atoms with Gasteiger partial charge in [-0.1, -0.05) is 23.2 Å². The van der Waals surface area contributed by atoms with Crippen molar-refractivity contribution in [2.24, 2.45) is 0 Å². The van der Waals surface area contributed by atoms with Crippen LogP contribution in [-0.2, 0) is 10.0 Å². The summed E-state index contributed by atoms with van der Waals surface area (Å²) in [5.41, 5.74) is 1.65. The van der Waals surface area contributed by atoms with Crippen LogP contribution >= 0.6 is 34.5 Å². The summed E-state index contributed by atoms with van der Waals surface area (Å²) < 4.78 is 25.3. The zero-order valence-corrected chi connectivity index (χ0v) is 18.0. The van der Waals surface area contributed by atoms with Crippen LogP contribution in [0.4, 0.5) is 5.13 Å². The lowest BCUT2D eigenvalue weighted by atomic mass is 10.2. The van der Waals surface area contributed by atoms with E-state index in [1.54, 1.807) is 23.6 Å². The lowest BCUT2D eigenvalue weighted by molar-refractivity contribution is 0.102. The van der Waals surface area contributed by atoms with Crippen LogP contribution in [0, 0.1) is 0 Å². The highest BCUT2D eigenvalue weighted by Crippen LogP contribution is 2.32. The quantitative estimate of drug-likeness (QED) is 0.608. The maximum atomic E-state index is 12.4. The molecule has 0 radical (unpaired) electrons. The Kier molecular flexibility index (Phi) is 6.07. The van der Waals surface area contributed by atoms with E-state index in [2.05, 4.69) is 10.3 Å². The van der Waals surface area contributed by atoms with Gasteiger partial charge in [0.25, 0.3) is 5.91 Å². The van der Waals surface area contributed by atoms with E-state index < -0.39 is 15.9 Å². The second-order valence-electron chi connectivity index (χ2n) is 5.93. The molecular weight excluding hydrogens is 441 g/mol. The van der Waals surface area contributed by atoms with Crippen LogP contribution in [-0.4, -0.2) is 37.7 Å². The van der Waals surface area contributed by atoms with Gasteiger partial charge < -0.3 is 0 Å². The predicted octanol–water partition coefficient (Wildman–Crippen LogP) is 4.62. The lowest BCUT2D eigenvalue weighted by Gasteiger charge is -2.11. The van der Waals surface area contributed by atoms with Gasteiger partial charge in [0.1, 0.15) is 0 Å². The van der Waals surface area contributed by atoms with E-state index in [9.17, 15) is 13.2 Å². The molecule has 0 spiro atoms. The summed E-state index contributed by atoms with van der Waals surface area (Å²) in [6.45, 7) is 0. The molecule has 10 heteroatoms. The Morgan fingerprint density at radius 2 is 1.79 bits per heavy atom. The van der Waals surface area contributed by atoms with E-state index in [1.165, 1.54) is 49.7 Å². The molecule has 1 heterocycles. The number of carbonyl (C=O) groups is 1. The minimum atomic E-state index is -3.54. The molecule has 0 aliphatic carbocycles. The highest BCUT2D eigenvalue weighted by atomic mass is 35.5. The minimum absolute atomic E-state index is 0.114. The number of nitrogens with zero attached hydrogens (tertiary/aromatic N) is 2. The summed E-state index contributed by atoms with van der Waals surface area (Å²) >= 11 is 13.3. The van der Waals surface area contributed by atoms with E-state index in [0.29, 0.717) is 32.0 Å². The lowest BCUT2D eigenvalue weighted by Crippen LogP contribution is -2.22. The second kappa shape index (κ2) is 8.18. The molecular formula is C18H15Cl2N3O3S2. The van der Waals surface area contributed by atoms with Crippen LogP contribution in [0.1, 0.15) is 10.4 Å². The number of anilines is 1. The van der Waals surface area contributed by atoms with Gasteiger partial charge in [0.2, 0.25) is 10.0 Å². The number of hydrogen-bond donors (Lipinski definition) is 1. The Morgan fingerprint density at radius 3 is 2.39 bits per heavy atom. The van der Waals surface area contributed by atoms with Crippen molar-refractivity contribution in [3.05, 3.63) is 63.5 Å². The highest BCUT2D eigenvalue weighted by Gasteiger charge is 2.18. The van der Waals surface area contributed by atoms with Crippen LogP contribution in [0.15, 0.2) is 52.7 Å². The molecule has 0 saturated heterocycles. The third-order valence-corrected chi connectivity index (χ3v) is 6.96. The number of carbonyl (C=O) groups excluding carboxylic acids is 1. The molecule has 0 aliphatic heterocycles. The van der Waals surface area contributed by atoms with Gasteiger partial charge in [-0.2, -0.15) is 0 Å². The van der Waals surface area contributed by atoms with Gasteiger partial charge in [0, 0.05) is 35.6 Å². The van der Waals surface area contributed by atoms with Gasteiger partial charge >= 0.3 is 0 Å². The number of halogens is 2. The SMILES string of the molecule is CN(C)S(=O)(=O)c1ccc(C(=O)Nc2nc(-c3ccc(Cl)cc3Cl)cs2)cc1. The first kappa shape index (κ1) is 20.8. The minimum Gasteiger partial charge on any atom is -0.298 e. The molecule has 6 nitrogen and oxygen atoms in total. The van der Waals surface area contributed by atoms with Crippen LogP contribution < -0.4 is 5.32 Å². The van der Waals surface area contributed by atoms with Gasteiger partial charge in [-0.3, -0.25) is 10.1 Å². The van der Waals surface area contributed by atoms with Gasteiger partial charge in [-0.25, -0.2) is 17.7 Å². The normalized spacial score (nSPS) is 11.6. The van der Waals surface area contributed by atoms with Crippen LogP contribution in [0.25, 0.3) is 11.3 Å². The van der Waals surface area contributed by atoms with Crippen LogP contribution in [0.5, 0.6) is 0 Å². The van der Waals surface area contributed by atoms with Crippen molar-refractivity contribution in [2.75, 3.05) is 19.4 Å². The number of hydrogen-bond acceptors (Lipinski definition) is 5. The fourth-order valence-electron chi connectivity index (χ4n) is 2.31. The first-order chi connectivity index (χ1) is 13.2. The van der Waals surface area contributed by atoms with E-state index in [0.717, 1.165) is 4.31 Å². The van der Waals surface area contributed by atoms with Crippen molar-refractivity contribution in [3.63, 3.8) is 0 Å². The zero-order chi connectivity index (χ0) is 20.5. The average Bonchev–Trinajstić information content (AvgIpc) is 3.09. The molecule has 0 aliphatic rings. The molecule has 0 unspecified atom stereocenters. The summed E-state index contributed by atoms with van der Waals surface area (Å²) in [6, 6.07) is 10.8. The number of sulfonamides is 1. The fourth-order valence-corrected chi connectivity index (χ4v) is 4.42. The summed E-state index contributed by atoms with van der Waals surface area (Å²) in [5.74, 6) is -0.392. The zero-order valence-electron chi connectivity index (χ0n) is 14.8. The van der Waals surface area contributed by atoms with Gasteiger partial charge in [0.15, 0.2) is 5.13 Å². The van der Waals surface area contributed by atoms with Gasteiger partial charge in [-0.15, -0.1) is 11.3 Å². The summed E-state index contributed by atoms with van der Waals surface area (Å²) in [5, 5.41) is 5.87. The largest absolute Gasteiger partial charge is 0.298 e. The van der Waals surface area contributed by atoms with Crippen molar-refractivity contribution < 1.29 is 13.2 Å². The molecule has 146 valence electrons. The van der Waals surface area contributed by atoms with Gasteiger partial charge in [0.05, 0.1) is 15.6 Å². The summed E-state index contributed by atoms with van der Waals surface area (Å²) in [7, 11) is -0.649. The number of amides is 1. The Bertz CT molecular complexity index is 1130. The van der Waals surface area contributed by atoms with Crippen LogP contribution in [0.3, 0.4) is 0 Å². The molecule has 3 aromatic rings. The number of aromatic nitrogens is 1. The Morgan fingerprint density at radius 1 is 1.11 bits per heavy atom. The highest BCUT2D eigenvalue weighted by molar-refractivity contribution is 7.89. The Hall–Kier alpha value is -1.97. The van der Waals surface area contributed by atoms with Crippen molar-refractivity contribution >= 4 is 55.6 Å². The topological polar surface area (TPSA) is 79.4 Å². The molecule has 1 N–H and O–H groups in total. The molecule has 0 atom stereocenters. The van der Waals surface area contributed by atoms with E-state index in [1.807, 2.05) is 0 Å². The number of thiazole rings is 1. The Labute approximate surface area is 176 Å². The fraction of sp³-hybridized carbons (Fsp3) is 0.111. The predicted molar refractivity (Wildman–Crippen MR) is 113 cm³/mol. The average molecular weight is 456 g/mol. The molecule has 1 amide bonds. The van der Waals surface area contributed by atoms with Crippen LogP contribution in [0.2, 0.25) is 10.0 Å². The smallest absolute Gasteiger partial charge is 0.257 e. The molecule has 0 fully saturated rings. The Balaban J connectivity index is 1.76. The van der Waals surface area contributed by atoms with E-state index in [4.69, 9.17) is 23.2 Å². The standard InChI is InChI=1S/C18H15Cl2N3O3S2/c1-23(2)28(25,26)13-6-3-11(4-7-13)17(24)22-18-21-16(10-27-18)14-8-5-12(19)9-15(14)20/h3-10H,1-2H3,(H,21,22,24). The maximum Gasteiger partial charge on any atom is 0.257 e. The molecule has 1 aromatic heterocycles. The first-order valence-electron chi connectivity index (χ1n) is 7.93. The summed E-state index contributed by atoms with van der Waals surface area (Å²) in [4.78, 5) is 16.9. The molecule has 2 aromatic carbocycles. The molecule has 0 saturated carbocycles. The number of benzene rings is 2. The maximum absolute atomic E-state index is 12.4. The second-order valence-corrected chi connectivity index (χ2v) is 9.78. The third kappa shape index (κ3) is 4.37. The van der Waals surface area contributed by atoms with Crippen molar-refractivity contribution in [2.45, 2.75) is 4.90 Å². The van der Waals surface area contributed by atoms with E-state index in [-0.39, 0.29) is 4.90 Å². The van der Waals surface area contributed by atoms with Crippen molar-refractivity contribution in [3.8, 4) is 11.3 Å².